The average Bonchev–Trinajstić information content (AvgIpc) is 3.10. The number of rotatable bonds is 2. The Bertz CT molecular complexity index is 926. The molecule has 1 saturated carbocycles. The molecule has 25 heavy (non-hydrogen) atoms. The van der Waals surface area contributed by atoms with Gasteiger partial charge in [-0.15, -0.1) is 0 Å². The van der Waals surface area contributed by atoms with Crippen molar-refractivity contribution in [3.8, 4) is 28.7 Å². The van der Waals surface area contributed by atoms with Gasteiger partial charge in [0.25, 0.3) is 5.89 Å². The Labute approximate surface area is 146 Å². The van der Waals surface area contributed by atoms with Crippen LogP contribution < -0.4 is 4.74 Å². The summed E-state index contributed by atoms with van der Waals surface area (Å²) in [7, 11) is 0. The zero-order valence-electron chi connectivity index (χ0n) is 14.2. The van der Waals surface area contributed by atoms with Crippen LogP contribution in [0.5, 0.6) is 5.88 Å². The van der Waals surface area contributed by atoms with Gasteiger partial charge >= 0.3 is 0 Å². The number of aryl methyl sites for hydroxylation is 2. The Balaban J connectivity index is 1.43. The first-order valence-electron chi connectivity index (χ1n) is 8.80. The van der Waals surface area contributed by atoms with Gasteiger partial charge in [-0.1, -0.05) is 35.0 Å². The maximum absolute atomic E-state index is 6.15. The van der Waals surface area contributed by atoms with E-state index >= 15 is 0 Å². The molecular weight excluding hydrogens is 314 g/mol. The Hall–Kier alpha value is -2.69. The van der Waals surface area contributed by atoms with Gasteiger partial charge in [0.2, 0.25) is 11.7 Å². The molecule has 3 aromatic rings. The summed E-state index contributed by atoms with van der Waals surface area (Å²) in [5.41, 5.74) is 4.19. The third-order valence-corrected chi connectivity index (χ3v) is 5.34. The lowest BCUT2D eigenvalue weighted by molar-refractivity contribution is -0.0289. The van der Waals surface area contributed by atoms with Crippen molar-refractivity contribution in [1.29, 1.82) is 0 Å². The standard InChI is InChI=1S/C20H19N3O2/c1-13-3-5-14(6-4-13)17-22-19(25-23-17)16-11-15-7-10-20(8-2-9-20)24-18(15)21-12-16/h3-6,11-12H,2,7-10H2,1H3. The fourth-order valence-corrected chi connectivity index (χ4v) is 3.59. The molecule has 1 aliphatic heterocycles. The summed E-state index contributed by atoms with van der Waals surface area (Å²) in [5.74, 6) is 1.86. The molecule has 2 aromatic heterocycles. The third kappa shape index (κ3) is 2.51. The summed E-state index contributed by atoms with van der Waals surface area (Å²) in [4.78, 5) is 9.04. The highest BCUT2D eigenvalue weighted by atomic mass is 16.5. The summed E-state index contributed by atoms with van der Waals surface area (Å²) >= 11 is 0. The molecule has 0 radical (unpaired) electrons. The topological polar surface area (TPSA) is 61.0 Å². The van der Waals surface area contributed by atoms with Gasteiger partial charge in [0.05, 0.1) is 5.56 Å². The minimum absolute atomic E-state index is 0.0601. The number of fused-ring (bicyclic) bond motifs is 1. The van der Waals surface area contributed by atoms with Crippen LogP contribution in [0.2, 0.25) is 0 Å². The second kappa shape index (κ2) is 5.41. The first kappa shape index (κ1) is 14.6. The maximum Gasteiger partial charge on any atom is 0.259 e. The molecule has 0 atom stereocenters. The monoisotopic (exact) mass is 333 g/mol. The molecule has 0 amide bonds. The van der Waals surface area contributed by atoms with Gasteiger partial charge in [-0.25, -0.2) is 4.98 Å². The number of aromatic nitrogens is 3. The van der Waals surface area contributed by atoms with Gasteiger partial charge < -0.3 is 9.26 Å². The van der Waals surface area contributed by atoms with Gasteiger partial charge in [0.15, 0.2) is 0 Å². The van der Waals surface area contributed by atoms with Crippen LogP contribution in [0.3, 0.4) is 0 Å². The van der Waals surface area contributed by atoms with Crippen molar-refractivity contribution >= 4 is 0 Å². The van der Waals surface area contributed by atoms with Crippen LogP contribution in [0.4, 0.5) is 0 Å². The second-order valence-corrected chi connectivity index (χ2v) is 7.12. The molecule has 0 bridgehead atoms. The highest BCUT2D eigenvalue weighted by molar-refractivity contribution is 5.60. The number of nitrogens with zero attached hydrogens (tertiary/aromatic N) is 3. The number of benzene rings is 1. The van der Waals surface area contributed by atoms with Gasteiger partial charge in [-0.05, 0) is 45.1 Å². The molecule has 1 spiro atoms. The molecule has 0 unspecified atom stereocenters. The van der Waals surface area contributed by atoms with Gasteiger partial charge in [-0.3, -0.25) is 0 Å². The van der Waals surface area contributed by atoms with Crippen LogP contribution in [0.1, 0.15) is 36.8 Å². The molecule has 3 heterocycles. The molecule has 1 aliphatic carbocycles. The van der Waals surface area contributed by atoms with E-state index in [-0.39, 0.29) is 5.60 Å². The third-order valence-electron chi connectivity index (χ3n) is 5.34. The summed E-state index contributed by atoms with van der Waals surface area (Å²) in [6.45, 7) is 2.06. The number of pyridine rings is 1. The van der Waals surface area contributed by atoms with E-state index in [2.05, 4.69) is 28.1 Å². The van der Waals surface area contributed by atoms with Gasteiger partial charge in [-0.2, -0.15) is 4.98 Å². The van der Waals surface area contributed by atoms with E-state index in [1.54, 1.807) is 6.20 Å². The van der Waals surface area contributed by atoms with E-state index in [4.69, 9.17) is 9.26 Å². The predicted octanol–water partition coefficient (Wildman–Crippen LogP) is 4.35. The summed E-state index contributed by atoms with van der Waals surface area (Å²) in [6, 6.07) is 10.2. The zero-order valence-corrected chi connectivity index (χ0v) is 14.2. The largest absolute Gasteiger partial charge is 0.471 e. The van der Waals surface area contributed by atoms with E-state index in [1.807, 2.05) is 24.3 Å². The smallest absolute Gasteiger partial charge is 0.259 e. The summed E-state index contributed by atoms with van der Waals surface area (Å²) in [5, 5.41) is 4.10. The van der Waals surface area contributed by atoms with Crippen molar-refractivity contribution in [2.75, 3.05) is 0 Å². The quantitative estimate of drug-likeness (QED) is 0.697. The maximum atomic E-state index is 6.15. The Morgan fingerprint density at radius 3 is 2.64 bits per heavy atom. The Morgan fingerprint density at radius 1 is 1.04 bits per heavy atom. The van der Waals surface area contributed by atoms with Crippen LogP contribution >= 0.6 is 0 Å². The minimum atomic E-state index is 0.0601. The zero-order chi connectivity index (χ0) is 16.9. The van der Waals surface area contributed by atoms with Crippen LogP contribution in [-0.4, -0.2) is 20.7 Å². The molecular formula is C20H19N3O2. The SMILES string of the molecule is Cc1ccc(-c2noc(-c3cnc4c(c3)CCC3(CCC3)O4)n2)cc1. The van der Waals surface area contributed by atoms with Crippen LogP contribution in [0.25, 0.3) is 22.8 Å². The molecule has 1 fully saturated rings. The molecule has 5 nitrogen and oxygen atoms in total. The van der Waals surface area contributed by atoms with Gasteiger partial charge in [0.1, 0.15) is 5.60 Å². The first-order valence-corrected chi connectivity index (χ1v) is 8.80. The summed E-state index contributed by atoms with van der Waals surface area (Å²) in [6.07, 6.45) is 7.40. The van der Waals surface area contributed by atoms with E-state index in [1.165, 1.54) is 12.0 Å². The van der Waals surface area contributed by atoms with Crippen molar-refractivity contribution in [3.05, 3.63) is 47.7 Å². The van der Waals surface area contributed by atoms with E-state index in [0.29, 0.717) is 11.7 Å². The Kier molecular flexibility index (Phi) is 3.17. The van der Waals surface area contributed by atoms with E-state index < -0.39 is 0 Å². The van der Waals surface area contributed by atoms with Crippen molar-refractivity contribution in [1.82, 2.24) is 15.1 Å². The molecule has 2 aliphatic rings. The van der Waals surface area contributed by atoms with E-state index in [9.17, 15) is 0 Å². The van der Waals surface area contributed by atoms with Crippen molar-refractivity contribution in [2.45, 2.75) is 44.6 Å². The highest BCUT2D eigenvalue weighted by Crippen LogP contribution is 2.44. The van der Waals surface area contributed by atoms with Crippen LogP contribution in [-0.2, 0) is 6.42 Å². The lowest BCUT2D eigenvalue weighted by Crippen LogP contribution is -2.45. The fraction of sp³-hybridized carbons (Fsp3) is 0.350. The first-order chi connectivity index (χ1) is 12.2. The number of hydrogen-bond donors (Lipinski definition) is 0. The molecule has 5 rings (SSSR count). The normalized spacial score (nSPS) is 17.6. The molecule has 126 valence electrons. The van der Waals surface area contributed by atoms with Crippen LogP contribution in [0, 0.1) is 6.92 Å². The molecule has 0 N–H and O–H groups in total. The van der Waals surface area contributed by atoms with Gasteiger partial charge in [0, 0.05) is 17.3 Å². The fourth-order valence-electron chi connectivity index (χ4n) is 3.59. The van der Waals surface area contributed by atoms with Crippen LogP contribution in [0.15, 0.2) is 41.1 Å². The Morgan fingerprint density at radius 2 is 1.88 bits per heavy atom. The predicted molar refractivity (Wildman–Crippen MR) is 93.2 cm³/mol. The van der Waals surface area contributed by atoms with Crippen molar-refractivity contribution < 1.29 is 9.26 Å². The highest BCUT2D eigenvalue weighted by Gasteiger charge is 2.42. The lowest BCUT2D eigenvalue weighted by Gasteiger charge is -2.44. The van der Waals surface area contributed by atoms with E-state index in [0.717, 1.165) is 48.3 Å². The average molecular weight is 333 g/mol. The minimum Gasteiger partial charge on any atom is -0.471 e. The lowest BCUT2D eigenvalue weighted by atomic mass is 9.75. The molecule has 0 saturated heterocycles. The second-order valence-electron chi connectivity index (χ2n) is 7.12. The summed E-state index contributed by atoms with van der Waals surface area (Å²) < 4.78 is 11.6. The van der Waals surface area contributed by atoms with Crippen molar-refractivity contribution in [3.63, 3.8) is 0 Å². The number of hydrogen-bond acceptors (Lipinski definition) is 5. The van der Waals surface area contributed by atoms with Crippen molar-refractivity contribution in [2.24, 2.45) is 0 Å². The molecule has 1 aromatic carbocycles. The molecule has 5 heteroatoms. The number of ether oxygens (including phenoxy) is 1.